The molecule has 0 aliphatic heterocycles. The summed E-state index contributed by atoms with van der Waals surface area (Å²) in [6, 6.07) is 3.92. The van der Waals surface area contributed by atoms with Crippen LogP contribution in [0.4, 0.5) is 13.2 Å². The van der Waals surface area contributed by atoms with Gasteiger partial charge in [0.15, 0.2) is 0 Å². The lowest BCUT2D eigenvalue weighted by atomic mass is 10.1. The summed E-state index contributed by atoms with van der Waals surface area (Å²) in [6.07, 6.45) is 7.41. The zero-order valence-corrected chi connectivity index (χ0v) is 18.1. The van der Waals surface area contributed by atoms with Crippen molar-refractivity contribution < 1.29 is 27.5 Å². The molecule has 0 radical (unpaired) electrons. The molecule has 0 aromatic heterocycles. The average Bonchev–Trinajstić information content (AvgIpc) is 2.70. The molecule has 0 bridgehead atoms. The lowest BCUT2D eigenvalue weighted by molar-refractivity contribution is -0.144. The molecular weight excluding hydrogens is 395 g/mol. The molecule has 1 amide bonds. The molecule has 7 heteroatoms. The number of nitrogens with zero attached hydrogens (tertiary/aromatic N) is 1. The normalized spacial score (nSPS) is 11.4. The second kappa shape index (κ2) is 14.0. The van der Waals surface area contributed by atoms with E-state index in [1.165, 1.54) is 52.0 Å². The molecule has 0 heterocycles. The monoisotopic (exact) mass is 429 g/mol. The van der Waals surface area contributed by atoms with Gasteiger partial charge in [-0.1, -0.05) is 64.7 Å². The molecule has 0 unspecified atom stereocenters. The molecule has 0 saturated carbocycles. The van der Waals surface area contributed by atoms with Crippen molar-refractivity contribution in [3.63, 3.8) is 0 Å². The highest BCUT2D eigenvalue weighted by atomic mass is 19.4. The Morgan fingerprint density at radius 2 is 1.37 bits per heavy atom. The van der Waals surface area contributed by atoms with Gasteiger partial charge in [-0.05, 0) is 30.7 Å². The number of esters is 1. The van der Waals surface area contributed by atoms with Crippen LogP contribution in [-0.2, 0) is 15.7 Å². The lowest BCUT2D eigenvalue weighted by Crippen LogP contribution is -2.33. The molecule has 0 saturated heterocycles. The predicted octanol–water partition coefficient (Wildman–Crippen LogP) is 6.24. The largest absolute Gasteiger partial charge is 0.464 e. The van der Waals surface area contributed by atoms with Crippen LogP contribution in [0.1, 0.15) is 87.1 Å². The van der Waals surface area contributed by atoms with E-state index in [4.69, 9.17) is 4.74 Å². The Morgan fingerprint density at radius 1 is 0.867 bits per heavy atom. The summed E-state index contributed by atoms with van der Waals surface area (Å²) < 4.78 is 42.9. The van der Waals surface area contributed by atoms with E-state index >= 15 is 0 Å². The quantitative estimate of drug-likeness (QED) is 0.260. The standard InChI is InChI=1S/C23H34F3NO3/c1-3-4-5-6-7-8-9-10-11-12-17-30-21(28)18-27(2)22(29)19-13-15-20(16-14-19)23(24,25)26/h13-16H,3-12,17-18H2,1-2H3. The molecule has 0 N–H and O–H groups in total. The fourth-order valence-corrected chi connectivity index (χ4v) is 3.11. The first kappa shape index (κ1) is 26.0. The van der Waals surface area contributed by atoms with Crippen LogP contribution in [0.15, 0.2) is 24.3 Å². The summed E-state index contributed by atoms with van der Waals surface area (Å²) in [5.74, 6) is -1.05. The van der Waals surface area contributed by atoms with Crippen LogP contribution < -0.4 is 0 Å². The van der Waals surface area contributed by atoms with Crippen molar-refractivity contribution in [3.8, 4) is 0 Å². The minimum absolute atomic E-state index is 0.0907. The molecular formula is C23H34F3NO3. The van der Waals surface area contributed by atoms with Gasteiger partial charge in [-0.3, -0.25) is 9.59 Å². The summed E-state index contributed by atoms with van der Waals surface area (Å²) in [4.78, 5) is 25.3. The number of benzene rings is 1. The smallest absolute Gasteiger partial charge is 0.416 e. The van der Waals surface area contributed by atoms with E-state index in [1.54, 1.807) is 0 Å². The van der Waals surface area contributed by atoms with Gasteiger partial charge in [0.1, 0.15) is 6.54 Å². The lowest BCUT2D eigenvalue weighted by Gasteiger charge is -2.17. The van der Waals surface area contributed by atoms with E-state index in [-0.39, 0.29) is 12.1 Å². The molecule has 1 aromatic carbocycles. The zero-order chi connectivity index (χ0) is 22.4. The fraction of sp³-hybridized carbons (Fsp3) is 0.652. The fourth-order valence-electron chi connectivity index (χ4n) is 3.11. The predicted molar refractivity (Wildman–Crippen MR) is 111 cm³/mol. The summed E-state index contributed by atoms with van der Waals surface area (Å²) in [5, 5.41) is 0. The van der Waals surface area contributed by atoms with E-state index in [2.05, 4.69) is 6.92 Å². The molecule has 1 aromatic rings. The Bertz CT molecular complexity index is 630. The van der Waals surface area contributed by atoms with Gasteiger partial charge in [0, 0.05) is 12.6 Å². The highest BCUT2D eigenvalue weighted by Gasteiger charge is 2.30. The molecule has 0 spiro atoms. The van der Waals surface area contributed by atoms with E-state index in [1.807, 2.05) is 0 Å². The van der Waals surface area contributed by atoms with Crippen LogP contribution in [0.2, 0.25) is 0 Å². The van der Waals surface area contributed by atoms with Crippen LogP contribution in [0.5, 0.6) is 0 Å². The van der Waals surface area contributed by atoms with Crippen LogP contribution in [0, 0.1) is 0 Å². The number of halogens is 3. The van der Waals surface area contributed by atoms with E-state index in [0.717, 1.165) is 48.4 Å². The van der Waals surface area contributed by atoms with E-state index in [9.17, 15) is 22.8 Å². The SMILES string of the molecule is CCCCCCCCCCCCOC(=O)CN(C)C(=O)c1ccc(C(F)(F)F)cc1. The number of rotatable bonds is 14. The first-order valence-corrected chi connectivity index (χ1v) is 10.8. The molecule has 4 nitrogen and oxygen atoms in total. The topological polar surface area (TPSA) is 46.6 Å². The second-order valence-corrected chi connectivity index (χ2v) is 7.64. The zero-order valence-electron chi connectivity index (χ0n) is 18.1. The van der Waals surface area contributed by atoms with E-state index in [0.29, 0.717) is 6.61 Å². The molecule has 170 valence electrons. The Hall–Kier alpha value is -2.05. The molecule has 30 heavy (non-hydrogen) atoms. The maximum Gasteiger partial charge on any atom is 0.416 e. The average molecular weight is 430 g/mol. The molecule has 1 rings (SSSR count). The van der Waals surface area contributed by atoms with Gasteiger partial charge in [-0.2, -0.15) is 13.2 Å². The van der Waals surface area contributed by atoms with Crippen molar-refractivity contribution in [1.29, 1.82) is 0 Å². The Kier molecular flexibility index (Phi) is 12.2. The molecule has 0 aliphatic carbocycles. The van der Waals surface area contributed by atoms with Crippen molar-refractivity contribution in [3.05, 3.63) is 35.4 Å². The van der Waals surface area contributed by atoms with Gasteiger partial charge in [0.2, 0.25) is 0 Å². The minimum atomic E-state index is -4.45. The first-order chi connectivity index (χ1) is 14.3. The first-order valence-electron chi connectivity index (χ1n) is 10.8. The van der Waals surface area contributed by atoms with Gasteiger partial charge >= 0.3 is 12.1 Å². The highest BCUT2D eigenvalue weighted by molar-refractivity contribution is 5.95. The van der Waals surface area contributed by atoms with Crippen molar-refractivity contribution in [2.24, 2.45) is 0 Å². The van der Waals surface area contributed by atoms with Crippen LogP contribution in [0.25, 0.3) is 0 Å². The summed E-state index contributed by atoms with van der Waals surface area (Å²) in [6.45, 7) is 2.29. The number of likely N-dealkylation sites (N-methyl/N-ethyl adjacent to an activating group) is 1. The van der Waals surface area contributed by atoms with Crippen LogP contribution in [0.3, 0.4) is 0 Å². The van der Waals surface area contributed by atoms with Gasteiger partial charge in [0.05, 0.1) is 12.2 Å². The summed E-state index contributed by atoms with van der Waals surface area (Å²) >= 11 is 0. The maximum absolute atomic E-state index is 12.6. The van der Waals surface area contributed by atoms with Gasteiger partial charge in [-0.15, -0.1) is 0 Å². The minimum Gasteiger partial charge on any atom is -0.464 e. The number of hydrogen-bond donors (Lipinski definition) is 0. The van der Waals surface area contributed by atoms with Gasteiger partial charge in [-0.25, -0.2) is 0 Å². The Labute approximate surface area is 177 Å². The van der Waals surface area contributed by atoms with Gasteiger partial charge < -0.3 is 9.64 Å². The molecule has 0 atom stereocenters. The van der Waals surface area contributed by atoms with Crippen molar-refractivity contribution >= 4 is 11.9 Å². The number of unbranched alkanes of at least 4 members (excludes halogenated alkanes) is 9. The highest BCUT2D eigenvalue weighted by Crippen LogP contribution is 2.29. The van der Waals surface area contributed by atoms with Crippen LogP contribution >= 0.6 is 0 Å². The van der Waals surface area contributed by atoms with Crippen molar-refractivity contribution in [2.75, 3.05) is 20.2 Å². The summed E-state index contributed by atoms with van der Waals surface area (Å²) in [7, 11) is 1.42. The number of carbonyl (C=O) groups is 2. The number of alkyl halides is 3. The maximum atomic E-state index is 12.6. The molecule has 0 fully saturated rings. The number of amides is 1. The Balaban J connectivity index is 2.17. The third-order valence-electron chi connectivity index (χ3n) is 4.93. The number of ether oxygens (including phenoxy) is 1. The second-order valence-electron chi connectivity index (χ2n) is 7.64. The third kappa shape index (κ3) is 10.6. The summed E-state index contributed by atoms with van der Waals surface area (Å²) in [5.41, 5.74) is -0.731. The number of hydrogen-bond acceptors (Lipinski definition) is 3. The van der Waals surface area contributed by atoms with E-state index < -0.39 is 23.6 Å². The third-order valence-corrected chi connectivity index (χ3v) is 4.93. The van der Waals surface area contributed by atoms with Crippen molar-refractivity contribution in [1.82, 2.24) is 4.90 Å². The Morgan fingerprint density at radius 3 is 1.87 bits per heavy atom. The van der Waals surface area contributed by atoms with Crippen LogP contribution in [-0.4, -0.2) is 37.0 Å². The van der Waals surface area contributed by atoms with Gasteiger partial charge in [0.25, 0.3) is 5.91 Å². The number of carbonyl (C=O) groups excluding carboxylic acids is 2. The van der Waals surface area contributed by atoms with Crippen molar-refractivity contribution in [2.45, 2.75) is 77.3 Å². The molecule has 0 aliphatic rings.